The lowest BCUT2D eigenvalue weighted by molar-refractivity contribution is 0.570. The van der Waals surface area contributed by atoms with Gasteiger partial charge in [-0.15, -0.1) is 0 Å². The van der Waals surface area contributed by atoms with Crippen molar-refractivity contribution in [3.05, 3.63) is 53.2 Å². The summed E-state index contributed by atoms with van der Waals surface area (Å²) >= 11 is 7.71. The van der Waals surface area contributed by atoms with Crippen molar-refractivity contribution in [3.63, 3.8) is 0 Å². The van der Waals surface area contributed by atoms with E-state index in [-0.39, 0.29) is 0 Å². The predicted molar refractivity (Wildman–Crippen MR) is 86.5 cm³/mol. The molecule has 1 heterocycles. The quantitative estimate of drug-likeness (QED) is 0.817. The van der Waals surface area contributed by atoms with E-state index in [0.29, 0.717) is 11.1 Å². The molecule has 0 saturated carbocycles. The highest BCUT2D eigenvalue weighted by atomic mass is 35.5. The predicted octanol–water partition coefficient (Wildman–Crippen LogP) is 4.95. The van der Waals surface area contributed by atoms with Crippen LogP contribution in [0.15, 0.2) is 52.5 Å². The van der Waals surface area contributed by atoms with E-state index in [1.807, 2.05) is 12.1 Å². The van der Waals surface area contributed by atoms with E-state index >= 15 is 0 Å². The van der Waals surface area contributed by atoms with Crippen molar-refractivity contribution >= 4 is 23.4 Å². The van der Waals surface area contributed by atoms with Crippen molar-refractivity contribution in [2.75, 3.05) is 6.54 Å². The first kappa shape index (κ1) is 15.4. The fraction of sp³-hybridized carbons (Fsp3) is 0.312. The van der Waals surface area contributed by atoms with Crippen molar-refractivity contribution < 1.29 is 0 Å². The normalized spacial score (nSPS) is 12.3. The second kappa shape index (κ2) is 7.67. The molecule has 0 fully saturated rings. The van der Waals surface area contributed by atoms with Crippen LogP contribution in [0.25, 0.3) is 0 Å². The third kappa shape index (κ3) is 4.23. The van der Waals surface area contributed by atoms with Crippen LogP contribution < -0.4 is 5.32 Å². The van der Waals surface area contributed by atoms with Gasteiger partial charge >= 0.3 is 0 Å². The van der Waals surface area contributed by atoms with Crippen LogP contribution in [0, 0.1) is 0 Å². The van der Waals surface area contributed by atoms with Crippen LogP contribution in [0.3, 0.4) is 0 Å². The highest BCUT2D eigenvalue weighted by molar-refractivity contribution is 7.99. The summed E-state index contributed by atoms with van der Waals surface area (Å²) in [6.45, 7) is 5.41. The summed E-state index contributed by atoms with van der Waals surface area (Å²) in [5.41, 5.74) is 1.30. The minimum absolute atomic E-state index is 0.382. The van der Waals surface area contributed by atoms with Crippen molar-refractivity contribution in [2.45, 2.75) is 36.2 Å². The van der Waals surface area contributed by atoms with Gasteiger partial charge in [-0.25, -0.2) is 4.98 Å². The van der Waals surface area contributed by atoms with Gasteiger partial charge in [0.05, 0.1) is 5.02 Å². The van der Waals surface area contributed by atoms with E-state index in [0.717, 1.165) is 22.9 Å². The van der Waals surface area contributed by atoms with Crippen LogP contribution in [0.2, 0.25) is 5.02 Å². The zero-order chi connectivity index (χ0) is 14.4. The SMILES string of the molecule is CCCNC(C)c1ccc(Sc2ncccc2Cl)cc1. The fourth-order valence-corrected chi connectivity index (χ4v) is 2.87. The van der Waals surface area contributed by atoms with Crippen molar-refractivity contribution in [1.82, 2.24) is 10.3 Å². The van der Waals surface area contributed by atoms with E-state index in [1.165, 1.54) is 5.56 Å². The fourth-order valence-electron chi connectivity index (χ4n) is 1.86. The maximum Gasteiger partial charge on any atom is 0.119 e. The second-order valence-electron chi connectivity index (χ2n) is 4.64. The molecule has 1 N–H and O–H groups in total. The minimum atomic E-state index is 0.382. The molecule has 2 rings (SSSR count). The minimum Gasteiger partial charge on any atom is -0.310 e. The third-order valence-electron chi connectivity index (χ3n) is 3.02. The third-order valence-corrected chi connectivity index (χ3v) is 4.46. The largest absolute Gasteiger partial charge is 0.310 e. The first-order valence-corrected chi connectivity index (χ1v) is 8.02. The lowest BCUT2D eigenvalue weighted by atomic mass is 10.1. The van der Waals surface area contributed by atoms with E-state index in [2.05, 4.69) is 48.4 Å². The van der Waals surface area contributed by atoms with Crippen LogP contribution in [0.1, 0.15) is 31.9 Å². The molecule has 1 aromatic heterocycles. The van der Waals surface area contributed by atoms with Gasteiger partial charge in [0, 0.05) is 17.1 Å². The smallest absolute Gasteiger partial charge is 0.119 e. The molecule has 4 heteroatoms. The summed E-state index contributed by atoms with van der Waals surface area (Å²) in [5, 5.41) is 5.03. The zero-order valence-corrected chi connectivity index (χ0v) is 13.3. The van der Waals surface area contributed by atoms with Gasteiger partial charge in [0.25, 0.3) is 0 Å². The summed E-state index contributed by atoms with van der Waals surface area (Å²) in [5.74, 6) is 0. The maximum atomic E-state index is 6.12. The molecule has 1 aromatic carbocycles. The molecule has 0 aliphatic carbocycles. The van der Waals surface area contributed by atoms with Crippen LogP contribution >= 0.6 is 23.4 Å². The number of pyridine rings is 1. The molecule has 106 valence electrons. The number of benzene rings is 1. The van der Waals surface area contributed by atoms with Crippen LogP contribution in [0.4, 0.5) is 0 Å². The van der Waals surface area contributed by atoms with Gasteiger partial charge in [-0.2, -0.15) is 0 Å². The molecule has 0 saturated heterocycles. The van der Waals surface area contributed by atoms with Crippen molar-refractivity contribution in [3.8, 4) is 0 Å². The monoisotopic (exact) mass is 306 g/mol. The van der Waals surface area contributed by atoms with Gasteiger partial charge in [-0.3, -0.25) is 0 Å². The Morgan fingerprint density at radius 2 is 2.00 bits per heavy atom. The molecule has 0 aliphatic heterocycles. The van der Waals surface area contributed by atoms with Crippen LogP contribution in [-0.4, -0.2) is 11.5 Å². The summed E-state index contributed by atoms with van der Waals surface area (Å²) in [7, 11) is 0. The maximum absolute atomic E-state index is 6.12. The summed E-state index contributed by atoms with van der Waals surface area (Å²) in [6.07, 6.45) is 2.91. The van der Waals surface area contributed by atoms with E-state index < -0.39 is 0 Å². The highest BCUT2D eigenvalue weighted by Crippen LogP contribution is 2.31. The van der Waals surface area contributed by atoms with Crippen molar-refractivity contribution in [2.24, 2.45) is 0 Å². The molecule has 0 bridgehead atoms. The standard InChI is InChI=1S/C16H19ClN2S/c1-3-10-18-12(2)13-6-8-14(9-7-13)20-16-15(17)5-4-11-19-16/h4-9,11-12,18H,3,10H2,1-2H3. The van der Waals surface area contributed by atoms with Gasteiger partial charge in [0.1, 0.15) is 5.03 Å². The topological polar surface area (TPSA) is 24.9 Å². The number of hydrogen-bond acceptors (Lipinski definition) is 3. The van der Waals surface area contributed by atoms with Gasteiger partial charge in [0.2, 0.25) is 0 Å². The Morgan fingerprint density at radius 1 is 1.25 bits per heavy atom. The number of rotatable bonds is 6. The number of hydrogen-bond donors (Lipinski definition) is 1. The van der Waals surface area contributed by atoms with Crippen LogP contribution in [-0.2, 0) is 0 Å². The van der Waals surface area contributed by atoms with Gasteiger partial charge in [0.15, 0.2) is 0 Å². The van der Waals surface area contributed by atoms with Gasteiger partial charge < -0.3 is 5.32 Å². The Morgan fingerprint density at radius 3 is 2.65 bits per heavy atom. The second-order valence-corrected chi connectivity index (χ2v) is 6.11. The van der Waals surface area contributed by atoms with Gasteiger partial charge in [-0.05, 0) is 49.7 Å². The summed E-state index contributed by atoms with van der Waals surface area (Å²) in [4.78, 5) is 5.44. The van der Waals surface area contributed by atoms with E-state index in [4.69, 9.17) is 11.6 Å². The van der Waals surface area contributed by atoms with Crippen molar-refractivity contribution in [1.29, 1.82) is 0 Å². The van der Waals surface area contributed by atoms with E-state index in [1.54, 1.807) is 18.0 Å². The Labute approximate surface area is 130 Å². The Bertz CT molecular complexity index is 542. The summed E-state index contributed by atoms with van der Waals surface area (Å²) < 4.78 is 0. The first-order valence-electron chi connectivity index (χ1n) is 6.82. The molecule has 1 atom stereocenters. The van der Waals surface area contributed by atoms with Gasteiger partial charge in [-0.1, -0.05) is 42.4 Å². The average Bonchev–Trinajstić information content (AvgIpc) is 2.48. The molecular weight excluding hydrogens is 288 g/mol. The molecule has 2 aromatic rings. The average molecular weight is 307 g/mol. The molecule has 20 heavy (non-hydrogen) atoms. The molecule has 0 radical (unpaired) electrons. The Kier molecular flexibility index (Phi) is 5.89. The number of aromatic nitrogens is 1. The van der Waals surface area contributed by atoms with Crippen LogP contribution in [0.5, 0.6) is 0 Å². The lowest BCUT2D eigenvalue weighted by Gasteiger charge is -2.14. The Hall–Kier alpha value is -1.03. The lowest BCUT2D eigenvalue weighted by Crippen LogP contribution is -2.19. The van der Waals surface area contributed by atoms with E-state index in [9.17, 15) is 0 Å². The number of nitrogens with one attached hydrogen (secondary N) is 1. The first-order chi connectivity index (χ1) is 9.70. The molecule has 0 spiro atoms. The Balaban J connectivity index is 2.03. The molecular formula is C16H19ClN2S. The number of nitrogens with zero attached hydrogens (tertiary/aromatic N) is 1. The highest BCUT2D eigenvalue weighted by Gasteiger charge is 2.06. The molecule has 0 aliphatic rings. The zero-order valence-electron chi connectivity index (χ0n) is 11.8. The summed E-state index contributed by atoms with van der Waals surface area (Å²) in [6, 6.07) is 12.6. The molecule has 1 unspecified atom stereocenters. The molecule has 2 nitrogen and oxygen atoms in total. The number of halogens is 1. The molecule has 0 amide bonds.